The van der Waals surface area contributed by atoms with Gasteiger partial charge in [-0.05, 0) is 22.0 Å². The van der Waals surface area contributed by atoms with Crippen LogP contribution in [0.25, 0.3) is 0 Å². The lowest BCUT2D eigenvalue weighted by Gasteiger charge is -2.06. The van der Waals surface area contributed by atoms with Crippen LogP contribution < -0.4 is 0 Å². The van der Waals surface area contributed by atoms with Crippen molar-refractivity contribution in [2.75, 3.05) is 13.7 Å². The second kappa shape index (κ2) is 6.27. The summed E-state index contributed by atoms with van der Waals surface area (Å²) in [6.45, 7) is 0.917. The molecule has 0 spiro atoms. The van der Waals surface area contributed by atoms with E-state index in [0.717, 1.165) is 4.47 Å². The van der Waals surface area contributed by atoms with Gasteiger partial charge in [-0.2, -0.15) is 5.10 Å². The number of carbonyl (C=O) groups excluding carboxylic acids is 1. The van der Waals surface area contributed by atoms with E-state index >= 15 is 0 Å². The Bertz CT molecular complexity index is 600. The predicted octanol–water partition coefficient (Wildman–Crippen LogP) is 2.57. The van der Waals surface area contributed by atoms with Crippen molar-refractivity contribution in [1.82, 2.24) is 14.8 Å². The van der Waals surface area contributed by atoms with Crippen LogP contribution >= 0.6 is 27.5 Å². The fourth-order valence-electron chi connectivity index (χ4n) is 1.61. The number of aromatic nitrogens is 3. The van der Waals surface area contributed by atoms with Crippen LogP contribution in [0.4, 0.5) is 0 Å². The van der Waals surface area contributed by atoms with Gasteiger partial charge in [0.25, 0.3) is 0 Å². The van der Waals surface area contributed by atoms with Gasteiger partial charge in [-0.25, -0.2) is 0 Å². The molecule has 0 atom stereocenters. The van der Waals surface area contributed by atoms with Gasteiger partial charge in [-0.1, -0.05) is 11.6 Å². The van der Waals surface area contributed by atoms with Crippen molar-refractivity contribution in [3.63, 3.8) is 0 Å². The van der Waals surface area contributed by atoms with Gasteiger partial charge >= 0.3 is 0 Å². The van der Waals surface area contributed by atoms with Crippen molar-refractivity contribution in [1.29, 1.82) is 0 Å². The molecule has 19 heavy (non-hydrogen) atoms. The molecule has 5 nitrogen and oxygen atoms in total. The van der Waals surface area contributed by atoms with Crippen LogP contribution in [0.15, 0.2) is 29.1 Å². The molecular weight excluding hydrogens is 334 g/mol. The number of carbonyl (C=O) groups is 1. The molecule has 2 rings (SSSR count). The molecule has 0 aromatic carbocycles. The van der Waals surface area contributed by atoms with Gasteiger partial charge in [0.15, 0.2) is 0 Å². The Kier molecular flexibility index (Phi) is 4.68. The van der Waals surface area contributed by atoms with E-state index in [1.165, 1.54) is 17.1 Å². The van der Waals surface area contributed by atoms with Crippen LogP contribution in [0.1, 0.15) is 16.1 Å². The zero-order chi connectivity index (χ0) is 13.8. The highest BCUT2D eigenvalue weighted by Crippen LogP contribution is 2.20. The zero-order valence-electron chi connectivity index (χ0n) is 10.1. The first-order chi connectivity index (χ1) is 9.13. The molecule has 0 aliphatic heterocycles. The third-order valence-corrected chi connectivity index (χ3v) is 3.19. The van der Waals surface area contributed by atoms with Crippen molar-refractivity contribution in [3.8, 4) is 0 Å². The molecule has 0 radical (unpaired) electrons. The molecule has 0 fully saturated rings. The summed E-state index contributed by atoms with van der Waals surface area (Å²) in [5, 5.41) is 4.39. The van der Waals surface area contributed by atoms with Crippen LogP contribution in [0.3, 0.4) is 0 Å². The summed E-state index contributed by atoms with van der Waals surface area (Å²) in [4.78, 5) is 16.4. The third-order valence-electron chi connectivity index (χ3n) is 2.48. The largest absolute Gasteiger partial charge is 0.383 e. The highest BCUT2D eigenvalue weighted by molar-refractivity contribution is 9.10. The van der Waals surface area contributed by atoms with Crippen molar-refractivity contribution in [2.24, 2.45) is 0 Å². The fourth-order valence-corrected chi connectivity index (χ4v) is 2.20. The number of hydrogen-bond acceptors (Lipinski definition) is 4. The molecule has 0 aliphatic carbocycles. The van der Waals surface area contributed by atoms with Crippen molar-refractivity contribution < 1.29 is 9.53 Å². The Morgan fingerprint density at radius 2 is 2.26 bits per heavy atom. The normalized spacial score (nSPS) is 10.7. The first kappa shape index (κ1) is 14.2. The number of ether oxygens (including phenoxy) is 1. The fraction of sp³-hybridized carbons (Fsp3) is 0.250. The standard InChI is InChI=1S/C12H11BrClN3O2/c1-19-3-2-17-11(10(14)7-16-17)12(18)8-4-9(13)6-15-5-8/h4-7H,2-3H2,1H3. The summed E-state index contributed by atoms with van der Waals surface area (Å²) in [5.74, 6) is -0.215. The van der Waals surface area contributed by atoms with E-state index in [2.05, 4.69) is 26.0 Å². The summed E-state index contributed by atoms with van der Waals surface area (Å²) in [5.41, 5.74) is 0.800. The average Bonchev–Trinajstić information content (AvgIpc) is 2.76. The lowest BCUT2D eigenvalue weighted by Crippen LogP contribution is -2.15. The predicted molar refractivity (Wildman–Crippen MR) is 74.5 cm³/mol. The molecule has 0 aliphatic rings. The Hall–Kier alpha value is -1.24. The average molecular weight is 345 g/mol. The molecule has 7 heteroatoms. The minimum absolute atomic E-state index is 0.215. The summed E-state index contributed by atoms with van der Waals surface area (Å²) in [6, 6.07) is 1.69. The van der Waals surface area contributed by atoms with Gasteiger partial charge in [-0.15, -0.1) is 0 Å². The molecule has 0 saturated carbocycles. The summed E-state index contributed by atoms with van der Waals surface area (Å²) in [7, 11) is 1.59. The number of nitrogens with zero attached hydrogens (tertiary/aromatic N) is 3. The van der Waals surface area contributed by atoms with E-state index in [1.807, 2.05) is 0 Å². The van der Waals surface area contributed by atoms with E-state index < -0.39 is 0 Å². The smallest absolute Gasteiger partial charge is 0.214 e. The van der Waals surface area contributed by atoms with Crippen LogP contribution in [0.5, 0.6) is 0 Å². The maximum Gasteiger partial charge on any atom is 0.214 e. The summed E-state index contributed by atoms with van der Waals surface area (Å²) < 4.78 is 7.25. The number of hydrogen-bond donors (Lipinski definition) is 0. The molecule has 100 valence electrons. The number of rotatable bonds is 5. The van der Waals surface area contributed by atoms with Gasteiger partial charge in [-0.3, -0.25) is 14.5 Å². The van der Waals surface area contributed by atoms with Crippen molar-refractivity contribution >= 4 is 33.3 Å². The lowest BCUT2D eigenvalue weighted by atomic mass is 10.1. The quantitative estimate of drug-likeness (QED) is 0.782. The molecule has 0 amide bonds. The van der Waals surface area contributed by atoms with Crippen LogP contribution in [0.2, 0.25) is 5.02 Å². The summed E-state index contributed by atoms with van der Waals surface area (Å²) in [6.07, 6.45) is 4.56. The monoisotopic (exact) mass is 343 g/mol. The Labute approximate surface area is 123 Å². The highest BCUT2D eigenvalue weighted by Gasteiger charge is 2.19. The van der Waals surface area contributed by atoms with Crippen molar-refractivity contribution in [2.45, 2.75) is 6.54 Å². The van der Waals surface area contributed by atoms with Gasteiger partial charge in [0.05, 0.1) is 24.4 Å². The molecular formula is C12H11BrClN3O2. The molecule has 2 aromatic rings. The highest BCUT2D eigenvalue weighted by atomic mass is 79.9. The van der Waals surface area contributed by atoms with Gasteiger partial charge in [0.2, 0.25) is 5.78 Å². The third kappa shape index (κ3) is 3.20. The second-order valence-electron chi connectivity index (χ2n) is 3.78. The molecule has 2 heterocycles. The topological polar surface area (TPSA) is 57.0 Å². The maximum absolute atomic E-state index is 12.4. The molecule has 0 bridgehead atoms. The van der Waals surface area contributed by atoms with Crippen LogP contribution in [-0.2, 0) is 11.3 Å². The van der Waals surface area contributed by atoms with Crippen LogP contribution in [0, 0.1) is 0 Å². The molecule has 2 aromatic heterocycles. The minimum atomic E-state index is -0.215. The second-order valence-corrected chi connectivity index (χ2v) is 5.10. The zero-order valence-corrected chi connectivity index (χ0v) is 12.5. The SMILES string of the molecule is COCCn1ncc(Cl)c1C(=O)c1cncc(Br)c1. The molecule has 0 saturated heterocycles. The van der Waals surface area contributed by atoms with E-state index in [4.69, 9.17) is 16.3 Å². The number of halogens is 2. The van der Waals surface area contributed by atoms with Crippen LogP contribution in [-0.4, -0.2) is 34.3 Å². The van der Waals surface area contributed by atoms with Gasteiger partial charge < -0.3 is 4.74 Å². The lowest BCUT2D eigenvalue weighted by molar-refractivity contribution is 0.102. The summed E-state index contributed by atoms with van der Waals surface area (Å²) >= 11 is 9.31. The van der Waals surface area contributed by atoms with E-state index in [-0.39, 0.29) is 5.78 Å². The Morgan fingerprint density at radius 3 is 2.95 bits per heavy atom. The molecule has 0 unspecified atom stereocenters. The Balaban J connectivity index is 2.35. The van der Waals surface area contributed by atoms with Gasteiger partial charge in [0, 0.05) is 29.5 Å². The Morgan fingerprint density at radius 1 is 1.47 bits per heavy atom. The van der Waals surface area contributed by atoms with E-state index in [1.54, 1.807) is 19.4 Å². The first-order valence-electron chi connectivity index (χ1n) is 5.49. The van der Waals surface area contributed by atoms with E-state index in [9.17, 15) is 4.79 Å². The van der Waals surface area contributed by atoms with E-state index in [0.29, 0.717) is 29.4 Å². The number of pyridine rings is 1. The molecule has 0 N–H and O–H groups in total. The van der Waals surface area contributed by atoms with Crippen molar-refractivity contribution in [3.05, 3.63) is 45.4 Å². The maximum atomic E-state index is 12.4. The number of methoxy groups -OCH3 is 1. The minimum Gasteiger partial charge on any atom is -0.383 e. The number of ketones is 1. The van der Waals surface area contributed by atoms with Gasteiger partial charge in [0.1, 0.15) is 5.69 Å². The first-order valence-corrected chi connectivity index (χ1v) is 6.66.